The minimum absolute atomic E-state index is 0.712. The Morgan fingerprint density at radius 1 is 1.29 bits per heavy atom. The van der Waals surface area contributed by atoms with Crippen molar-refractivity contribution in [3.8, 4) is 0 Å². The van der Waals surface area contributed by atoms with Crippen LogP contribution in [-0.4, -0.2) is 10.3 Å². The van der Waals surface area contributed by atoms with Gasteiger partial charge in [0.05, 0.1) is 0 Å². The minimum Gasteiger partial charge on any atom is -0.348 e. The van der Waals surface area contributed by atoms with E-state index in [2.05, 4.69) is 50.1 Å². The van der Waals surface area contributed by atoms with Crippen molar-refractivity contribution < 1.29 is 0 Å². The number of hydrogen-bond acceptors (Lipinski definition) is 1. The second-order valence-corrected chi connectivity index (χ2v) is 4.24. The minimum atomic E-state index is 0.712. The Labute approximate surface area is 92.9 Å². The zero-order chi connectivity index (χ0) is 10.6. The summed E-state index contributed by atoms with van der Waals surface area (Å²) in [6, 6.07) is 4.49. The van der Waals surface area contributed by atoms with Crippen LogP contribution in [0.5, 0.6) is 0 Å². The first-order chi connectivity index (χ1) is 6.74. The maximum Gasteiger partial charge on any atom is 0.0313 e. The van der Waals surface area contributed by atoms with E-state index in [-0.39, 0.29) is 0 Å². The summed E-state index contributed by atoms with van der Waals surface area (Å²) in [6.07, 6.45) is 2.46. The third kappa shape index (κ3) is 2.35. The Morgan fingerprint density at radius 3 is 2.43 bits per heavy atom. The average Bonchev–Trinajstić information content (AvgIpc) is 2.53. The van der Waals surface area contributed by atoms with E-state index in [1.54, 1.807) is 0 Å². The summed E-state index contributed by atoms with van der Waals surface area (Å²) < 4.78 is 2.41. The molecule has 1 aromatic heterocycles. The van der Waals surface area contributed by atoms with Crippen molar-refractivity contribution in [1.82, 2.24) is 4.57 Å². The number of nitrogens with zero attached hydrogens (tertiary/aromatic N) is 1. The lowest BCUT2D eigenvalue weighted by Gasteiger charge is -2.17. The fourth-order valence-electron chi connectivity index (χ4n) is 2.06. The fourth-order valence-corrected chi connectivity index (χ4v) is 2.26. The summed E-state index contributed by atoms with van der Waals surface area (Å²) in [7, 11) is 0. The Balaban J connectivity index is 2.94. The van der Waals surface area contributed by atoms with Crippen molar-refractivity contribution in [2.45, 2.75) is 46.1 Å². The van der Waals surface area contributed by atoms with E-state index >= 15 is 0 Å². The summed E-state index contributed by atoms with van der Waals surface area (Å²) in [5, 5.41) is 0. The van der Waals surface area contributed by atoms with Crippen LogP contribution < -0.4 is 0 Å². The van der Waals surface area contributed by atoms with Crippen molar-refractivity contribution in [2.24, 2.45) is 0 Å². The molecule has 1 rings (SSSR count). The topological polar surface area (TPSA) is 4.93 Å². The number of hydrogen-bond donors (Lipinski definition) is 1. The first-order valence-corrected chi connectivity index (χ1v) is 6.14. The summed E-state index contributed by atoms with van der Waals surface area (Å²) in [6.45, 7) is 7.74. The molecule has 80 valence electrons. The summed E-state index contributed by atoms with van der Waals surface area (Å²) in [4.78, 5) is 0. The molecule has 0 aliphatic rings. The molecule has 0 saturated carbocycles. The van der Waals surface area contributed by atoms with Gasteiger partial charge in [0, 0.05) is 23.7 Å². The van der Waals surface area contributed by atoms with Gasteiger partial charge in [-0.2, -0.15) is 12.6 Å². The molecule has 2 heteroatoms. The molecule has 0 saturated heterocycles. The van der Waals surface area contributed by atoms with Gasteiger partial charge in [-0.15, -0.1) is 0 Å². The third-order valence-corrected chi connectivity index (χ3v) is 3.16. The molecule has 0 aliphatic carbocycles. The maximum atomic E-state index is 4.31. The van der Waals surface area contributed by atoms with Crippen LogP contribution in [0.15, 0.2) is 12.1 Å². The first kappa shape index (κ1) is 11.7. The molecule has 0 amide bonds. The zero-order valence-corrected chi connectivity index (χ0v) is 10.3. The Bertz CT molecular complexity index is 274. The molecule has 0 N–H and O–H groups in total. The first-order valence-electron chi connectivity index (χ1n) is 5.51. The molecule has 1 aromatic rings. The Kier molecular flexibility index (Phi) is 4.59. The molecule has 0 fully saturated rings. The lowest BCUT2D eigenvalue weighted by atomic mass is 9.99. The normalized spacial score (nSPS) is 11.2. The van der Waals surface area contributed by atoms with Gasteiger partial charge in [0.15, 0.2) is 0 Å². The maximum absolute atomic E-state index is 4.31. The van der Waals surface area contributed by atoms with E-state index in [0.717, 1.165) is 12.3 Å². The zero-order valence-electron chi connectivity index (χ0n) is 9.45. The molecule has 0 bridgehead atoms. The molecule has 0 aliphatic heterocycles. The summed E-state index contributed by atoms with van der Waals surface area (Å²) in [5.74, 6) is 1.63. The van der Waals surface area contributed by atoms with Crippen molar-refractivity contribution >= 4 is 12.6 Å². The molecule has 1 nitrogen and oxygen atoms in total. The molecular formula is C12H21NS. The second kappa shape index (κ2) is 5.50. The van der Waals surface area contributed by atoms with Gasteiger partial charge in [0.25, 0.3) is 0 Å². The van der Waals surface area contributed by atoms with Crippen LogP contribution in [0, 0.1) is 6.92 Å². The molecule has 0 spiro atoms. The largest absolute Gasteiger partial charge is 0.348 e. The van der Waals surface area contributed by atoms with Gasteiger partial charge in [-0.1, -0.05) is 13.8 Å². The lowest BCUT2D eigenvalue weighted by molar-refractivity contribution is 0.572. The predicted molar refractivity (Wildman–Crippen MR) is 66.3 cm³/mol. The molecule has 0 unspecified atom stereocenters. The van der Waals surface area contributed by atoms with E-state index in [0.29, 0.717) is 5.92 Å². The third-order valence-electron chi connectivity index (χ3n) is 2.96. The van der Waals surface area contributed by atoms with Crippen molar-refractivity contribution in [3.63, 3.8) is 0 Å². The van der Waals surface area contributed by atoms with Gasteiger partial charge in [-0.25, -0.2) is 0 Å². The van der Waals surface area contributed by atoms with Crippen LogP contribution in [0.2, 0.25) is 0 Å². The highest BCUT2D eigenvalue weighted by Gasteiger charge is 2.12. The second-order valence-electron chi connectivity index (χ2n) is 3.79. The molecule has 0 atom stereocenters. The SMILES string of the molecule is CCC(CC)c1ccc(C)n1CCS. The Morgan fingerprint density at radius 2 is 1.93 bits per heavy atom. The van der Waals surface area contributed by atoms with E-state index < -0.39 is 0 Å². The standard InChI is InChI=1S/C12H21NS/c1-4-11(5-2)12-7-6-10(3)13(12)8-9-14/h6-7,11,14H,4-5,8-9H2,1-3H3. The monoisotopic (exact) mass is 211 g/mol. The number of aryl methyl sites for hydroxylation is 1. The smallest absolute Gasteiger partial charge is 0.0313 e. The van der Waals surface area contributed by atoms with E-state index in [1.165, 1.54) is 24.2 Å². The average molecular weight is 211 g/mol. The molecule has 14 heavy (non-hydrogen) atoms. The summed E-state index contributed by atoms with van der Waals surface area (Å²) >= 11 is 4.31. The van der Waals surface area contributed by atoms with E-state index in [1.807, 2.05) is 0 Å². The highest BCUT2D eigenvalue weighted by molar-refractivity contribution is 7.80. The number of thiol groups is 1. The highest BCUT2D eigenvalue weighted by atomic mass is 32.1. The Hall–Kier alpha value is -0.370. The van der Waals surface area contributed by atoms with Crippen molar-refractivity contribution in [2.75, 3.05) is 5.75 Å². The molecular weight excluding hydrogens is 190 g/mol. The van der Waals surface area contributed by atoms with Gasteiger partial charge in [-0.3, -0.25) is 0 Å². The van der Waals surface area contributed by atoms with Gasteiger partial charge in [0.1, 0.15) is 0 Å². The predicted octanol–water partition coefficient (Wildman–Crippen LogP) is 3.63. The van der Waals surface area contributed by atoms with Crippen LogP contribution >= 0.6 is 12.6 Å². The molecule has 1 heterocycles. The van der Waals surface area contributed by atoms with Crippen molar-refractivity contribution in [1.29, 1.82) is 0 Å². The number of rotatable bonds is 5. The van der Waals surface area contributed by atoms with Gasteiger partial charge < -0.3 is 4.57 Å². The van der Waals surface area contributed by atoms with Crippen LogP contribution in [-0.2, 0) is 6.54 Å². The fraction of sp³-hybridized carbons (Fsp3) is 0.667. The van der Waals surface area contributed by atoms with Gasteiger partial charge >= 0.3 is 0 Å². The van der Waals surface area contributed by atoms with Crippen LogP contribution in [0.4, 0.5) is 0 Å². The molecule has 0 aromatic carbocycles. The lowest BCUT2D eigenvalue weighted by Crippen LogP contribution is -2.09. The van der Waals surface area contributed by atoms with E-state index in [4.69, 9.17) is 0 Å². The summed E-state index contributed by atoms with van der Waals surface area (Å²) in [5.41, 5.74) is 2.85. The quantitative estimate of drug-likeness (QED) is 0.710. The molecule has 0 radical (unpaired) electrons. The highest BCUT2D eigenvalue weighted by Crippen LogP contribution is 2.25. The van der Waals surface area contributed by atoms with Crippen LogP contribution in [0.1, 0.15) is 44.0 Å². The van der Waals surface area contributed by atoms with Gasteiger partial charge in [0.2, 0.25) is 0 Å². The van der Waals surface area contributed by atoms with Crippen LogP contribution in [0.25, 0.3) is 0 Å². The van der Waals surface area contributed by atoms with E-state index in [9.17, 15) is 0 Å². The van der Waals surface area contributed by atoms with Crippen LogP contribution in [0.3, 0.4) is 0 Å². The number of aromatic nitrogens is 1. The van der Waals surface area contributed by atoms with Crippen molar-refractivity contribution in [3.05, 3.63) is 23.5 Å². The van der Waals surface area contributed by atoms with Gasteiger partial charge in [-0.05, 0) is 37.8 Å².